The van der Waals surface area contributed by atoms with Crippen molar-refractivity contribution in [3.63, 3.8) is 0 Å². The van der Waals surface area contributed by atoms with E-state index in [-0.39, 0.29) is 0 Å². The monoisotopic (exact) mass is 241 g/mol. The molecule has 2 aromatic rings. The van der Waals surface area contributed by atoms with E-state index in [2.05, 4.69) is 52.9 Å². The van der Waals surface area contributed by atoms with Gasteiger partial charge in [-0.3, -0.25) is 4.98 Å². The van der Waals surface area contributed by atoms with Gasteiger partial charge in [-0.05, 0) is 25.0 Å². The molecule has 2 N–H and O–H groups in total. The zero-order valence-electron chi connectivity index (χ0n) is 10.9. The molecule has 0 amide bonds. The van der Waals surface area contributed by atoms with Gasteiger partial charge in [-0.2, -0.15) is 0 Å². The lowest BCUT2D eigenvalue weighted by molar-refractivity contribution is 1.01. The largest absolute Gasteiger partial charge is 0.387 e. The van der Waals surface area contributed by atoms with Crippen LogP contribution in [0, 0.1) is 6.92 Å². The van der Waals surface area contributed by atoms with Gasteiger partial charge in [-0.15, -0.1) is 0 Å². The number of nitrogens with zero attached hydrogens (tertiary/aromatic N) is 1. The van der Waals surface area contributed by atoms with Crippen LogP contribution in [0.3, 0.4) is 0 Å². The lowest BCUT2D eigenvalue weighted by Crippen LogP contribution is -2.05. The molecule has 3 heteroatoms. The van der Waals surface area contributed by atoms with Crippen molar-refractivity contribution >= 4 is 11.4 Å². The molecule has 1 aromatic heterocycles. The number of hydrogen-bond donors (Lipinski definition) is 2. The van der Waals surface area contributed by atoms with Crippen LogP contribution in [-0.4, -0.2) is 18.6 Å². The van der Waals surface area contributed by atoms with Crippen molar-refractivity contribution in [2.75, 3.05) is 24.2 Å². The molecule has 0 fully saturated rings. The van der Waals surface area contributed by atoms with Gasteiger partial charge in [0, 0.05) is 13.6 Å². The van der Waals surface area contributed by atoms with Crippen molar-refractivity contribution in [2.24, 2.45) is 0 Å². The predicted molar refractivity (Wildman–Crippen MR) is 77.2 cm³/mol. The van der Waals surface area contributed by atoms with Crippen LogP contribution in [-0.2, 0) is 6.42 Å². The highest BCUT2D eigenvalue weighted by atomic mass is 14.9. The molecule has 0 saturated carbocycles. The summed E-state index contributed by atoms with van der Waals surface area (Å²) in [6.45, 7) is 3.04. The van der Waals surface area contributed by atoms with Crippen molar-refractivity contribution in [3.05, 3.63) is 53.9 Å². The molecular formula is C15H19N3. The van der Waals surface area contributed by atoms with E-state index in [9.17, 15) is 0 Å². The van der Waals surface area contributed by atoms with E-state index in [1.54, 1.807) is 0 Å². The molecule has 1 heterocycles. The number of rotatable bonds is 5. The zero-order valence-corrected chi connectivity index (χ0v) is 10.9. The van der Waals surface area contributed by atoms with Crippen LogP contribution in [0.4, 0.5) is 11.4 Å². The third-order valence-corrected chi connectivity index (χ3v) is 2.85. The Balaban J connectivity index is 1.88. The summed E-state index contributed by atoms with van der Waals surface area (Å²) >= 11 is 0. The van der Waals surface area contributed by atoms with E-state index in [1.807, 2.05) is 19.4 Å². The van der Waals surface area contributed by atoms with Crippen LogP contribution in [0.25, 0.3) is 0 Å². The number of anilines is 2. The Bertz CT molecular complexity index is 509. The number of hydrogen-bond acceptors (Lipinski definition) is 3. The molecule has 0 spiro atoms. The van der Waals surface area contributed by atoms with Gasteiger partial charge in [0.1, 0.15) is 0 Å². The molecule has 1 aromatic carbocycles. The van der Waals surface area contributed by atoms with Crippen molar-refractivity contribution in [2.45, 2.75) is 13.3 Å². The summed E-state index contributed by atoms with van der Waals surface area (Å²) in [5.41, 5.74) is 4.75. The molecule has 94 valence electrons. The highest BCUT2D eigenvalue weighted by Gasteiger charge is 1.96. The van der Waals surface area contributed by atoms with Gasteiger partial charge in [0.15, 0.2) is 0 Å². The molecule has 0 bridgehead atoms. The van der Waals surface area contributed by atoms with Crippen molar-refractivity contribution in [3.8, 4) is 0 Å². The fraction of sp³-hybridized carbons (Fsp3) is 0.267. The molecule has 0 atom stereocenters. The maximum Gasteiger partial charge on any atom is 0.0547 e. The summed E-state index contributed by atoms with van der Waals surface area (Å²) < 4.78 is 0. The van der Waals surface area contributed by atoms with Gasteiger partial charge < -0.3 is 10.6 Å². The Labute approximate surface area is 108 Å². The van der Waals surface area contributed by atoms with E-state index in [0.717, 1.165) is 24.3 Å². The number of aryl methyl sites for hydroxylation is 1. The van der Waals surface area contributed by atoms with Crippen molar-refractivity contribution in [1.29, 1.82) is 0 Å². The first kappa shape index (κ1) is 12.4. The number of benzene rings is 1. The lowest BCUT2D eigenvalue weighted by atomic mass is 10.1. The summed E-state index contributed by atoms with van der Waals surface area (Å²) in [6, 6.07) is 10.7. The Hall–Kier alpha value is -2.03. The summed E-state index contributed by atoms with van der Waals surface area (Å²) in [4.78, 5) is 4.17. The summed E-state index contributed by atoms with van der Waals surface area (Å²) in [6.07, 6.45) is 4.67. The van der Waals surface area contributed by atoms with Gasteiger partial charge in [-0.1, -0.05) is 29.8 Å². The number of pyridine rings is 1. The minimum absolute atomic E-state index is 0.915. The van der Waals surface area contributed by atoms with E-state index in [1.165, 1.54) is 11.1 Å². The van der Waals surface area contributed by atoms with Crippen LogP contribution in [0.1, 0.15) is 11.1 Å². The minimum Gasteiger partial charge on any atom is -0.387 e. The molecule has 0 aliphatic heterocycles. The van der Waals surface area contributed by atoms with E-state index in [0.29, 0.717) is 0 Å². The van der Waals surface area contributed by atoms with Gasteiger partial charge in [-0.25, -0.2) is 0 Å². The third-order valence-electron chi connectivity index (χ3n) is 2.85. The molecule has 0 unspecified atom stereocenters. The van der Waals surface area contributed by atoms with Crippen LogP contribution < -0.4 is 10.6 Å². The second-order valence-electron chi connectivity index (χ2n) is 4.38. The molecule has 0 aliphatic carbocycles. The van der Waals surface area contributed by atoms with Crippen molar-refractivity contribution in [1.82, 2.24) is 4.98 Å². The average Bonchev–Trinajstić information content (AvgIpc) is 2.39. The molecule has 0 saturated heterocycles. The molecule has 0 radical (unpaired) electrons. The van der Waals surface area contributed by atoms with E-state index in [4.69, 9.17) is 0 Å². The maximum absolute atomic E-state index is 4.17. The van der Waals surface area contributed by atoms with Crippen LogP contribution >= 0.6 is 0 Å². The second kappa shape index (κ2) is 6.05. The lowest BCUT2D eigenvalue weighted by Gasteiger charge is -2.08. The molecule has 0 aliphatic rings. The first-order valence-corrected chi connectivity index (χ1v) is 6.20. The van der Waals surface area contributed by atoms with Crippen LogP contribution in [0.2, 0.25) is 0 Å². The molecule has 18 heavy (non-hydrogen) atoms. The van der Waals surface area contributed by atoms with Gasteiger partial charge in [0.05, 0.1) is 23.8 Å². The fourth-order valence-corrected chi connectivity index (χ4v) is 1.89. The normalized spacial score (nSPS) is 10.1. The Morgan fingerprint density at radius 1 is 1.11 bits per heavy atom. The average molecular weight is 241 g/mol. The Morgan fingerprint density at radius 2 is 1.94 bits per heavy atom. The summed E-state index contributed by atoms with van der Waals surface area (Å²) in [5, 5.41) is 6.47. The Morgan fingerprint density at radius 3 is 2.72 bits per heavy atom. The quantitative estimate of drug-likeness (QED) is 0.844. The van der Waals surface area contributed by atoms with E-state index >= 15 is 0 Å². The van der Waals surface area contributed by atoms with Crippen molar-refractivity contribution < 1.29 is 0 Å². The van der Waals surface area contributed by atoms with Gasteiger partial charge in [0.25, 0.3) is 0 Å². The first-order valence-electron chi connectivity index (χ1n) is 6.20. The highest BCUT2D eigenvalue weighted by molar-refractivity contribution is 5.53. The fourth-order valence-electron chi connectivity index (χ4n) is 1.89. The first-order chi connectivity index (χ1) is 8.78. The second-order valence-corrected chi connectivity index (χ2v) is 4.38. The van der Waals surface area contributed by atoms with Gasteiger partial charge in [0.2, 0.25) is 0 Å². The zero-order chi connectivity index (χ0) is 12.8. The summed E-state index contributed by atoms with van der Waals surface area (Å²) in [7, 11) is 1.90. The molecule has 2 rings (SSSR count). The smallest absolute Gasteiger partial charge is 0.0547 e. The van der Waals surface area contributed by atoms with Crippen LogP contribution in [0.15, 0.2) is 42.7 Å². The topological polar surface area (TPSA) is 37.0 Å². The number of nitrogens with one attached hydrogen (secondary N) is 2. The highest BCUT2D eigenvalue weighted by Crippen LogP contribution is 2.12. The van der Waals surface area contributed by atoms with Crippen LogP contribution in [0.5, 0.6) is 0 Å². The third kappa shape index (κ3) is 3.48. The van der Waals surface area contributed by atoms with Gasteiger partial charge >= 0.3 is 0 Å². The molecule has 3 nitrogen and oxygen atoms in total. The van der Waals surface area contributed by atoms with E-state index < -0.39 is 0 Å². The minimum atomic E-state index is 0.915. The molecular weight excluding hydrogens is 222 g/mol. The Kier molecular flexibility index (Phi) is 4.18. The standard InChI is InChI=1S/C15H19N3/c1-12-4-3-5-13(8-12)6-7-18-15-9-14(16-2)10-17-11-15/h3-5,8-11,16,18H,6-7H2,1-2H3. The maximum atomic E-state index is 4.17. The number of aromatic nitrogens is 1. The predicted octanol–water partition coefficient (Wildman–Crippen LogP) is 3.09. The summed E-state index contributed by atoms with van der Waals surface area (Å²) in [5.74, 6) is 0. The SMILES string of the molecule is CNc1cncc(NCCc2cccc(C)c2)c1.